The smallest absolute Gasteiger partial charge is 0.344 e. The van der Waals surface area contributed by atoms with Crippen LogP contribution in [0, 0.1) is 0 Å². The molecule has 0 aliphatic carbocycles. The van der Waals surface area contributed by atoms with E-state index in [-0.39, 0.29) is 17.4 Å². The van der Waals surface area contributed by atoms with Crippen LogP contribution in [-0.4, -0.2) is 27.5 Å². The van der Waals surface area contributed by atoms with Gasteiger partial charge in [-0.3, -0.25) is 4.57 Å². The number of hydrogen-bond acceptors (Lipinski definition) is 6. The van der Waals surface area contributed by atoms with Gasteiger partial charge in [0.05, 0.1) is 12.6 Å². The largest absolute Gasteiger partial charge is 0.423 e. The molecule has 1 fully saturated rings. The predicted molar refractivity (Wildman–Crippen MR) is 103 cm³/mol. The molecule has 7 nitrogen and oxygen atoms in total. The molecule has 0 spiro atoms. The zero-order chi connectivity index (χ0) is 18.8. The summed E-state index contributed by atoms with van der Waals surface area (Å²) in [7, 11) is 0. The summed E-state index contributed by atoms with van der Waals surface area (Å²) in [5, 5.41) is 8.15. The molecule has 1 aromatic carbocycles. The number of fused-ring (bicyclic) bond motifs is 1. The Balaban J connectivity index is 1.59. The fourth-order valence-corrected chi connectivity index (χ4v) is 4.27. The maximum Gasteiger partial charge on any atom is 0.344 e. The molecule has 1 aliphatic rings. The molecule has 3 aromatic rings. The lowest BCUT2D eigenvalue weighted by molar-refractivity contribution is 0.0941. The van der Waals surface area contributed by atoms with Crippen molar-refractivity contribution in [3.05, 3.63) is 56.3 Å². The third-order valence-corrected chi connectivity index (χ3v) is 5.82. The second kappa shape index (κ2) is 7.74. The van der Waals surface area contributed by atoms with Crippen LogP contribution in [0.3, 0.4) is 0 Å². The molecular weight excluding hydrogens is 366 g/mol. The van der Waals surface area contributed by atoms with Crippen molar-refractivity contribution in [2.24, 2.45) is 0 Å². The maximum absolute atomic E-state index is 12.1. The van der Waals surface area contributed by atoms with E-state index in [2.05, 4.69) is 17.1 Å². The van der Waals surface area contributed by atoms with Crippen LogP contribution in [0.2, 0.25) is 0 Å². The van der Waals surface area contributed by atoms with Crippen molar-refractivity contribution < 1.29 is 9.15 Å². The first-order valence-corrected chi connectivity index (χ1v) is 10.1. The predicted octanol–water partition coefficient (Wildman–Crippen LogP) is 2.71. The summed E-state index contributed by atoms with van der Waals surface area (Å²) >= 11 is 1.42. The molecule has 2 aromatic heterocycles. The van der Waals surface area contributed by atoms with Crippen LogP contribution in [-0.2, 0) is 23.5 Å². The Kier molecular flexibility index (Phi) is 5.18. The van der Waals surface area contributed by atoms with Gasteiger partial charge in [-0.1, -0.05) is 30.8 Å². The number of aromatic nitrogens is 3. The molecule has 3 heterocycles. The summed E-state index contributed by atoms with van der Waals surface area (Å²) < 4.78 is 12.6. The van der Waals surface area contributed by atoms with Gasteiger partial charge in [-0.25, -0.2) is 14.7 Å². The summed E-state index contributed by atoms with van der Waals surface area (Å²) in [6, 6.07) is 7.44. The lowest BCUT2D eigenvalue weighted by Gasteiger charge is -2.11. The molecule has 0 saturated carbocycles. The lowest BCUT2D eigenvalue weighted by Crippen LogP contribution is -2.24. The molecule has 4 rings (SSSR count). The van der Waals surface area contributed by atoms with Crippen molar-refractivity contribution >= 4 is 22.7 Å². The molecule has 27 heavy (non-hydrogen) atoms. The monoisotopic (exact) mass is 387 g/mol. The molecule has 1 saturated heterocycles. The Labute approximate surface area is 159 Å². The number of rotatable bonds is 6. The molecule has 1 N–H and O–H groups in total. The average molecular weight is 387 g/mol. The van der Waals surface area contributed by atoms with Gasteiger partial charge in [0.15, 0.2) is 5.16 Å². The van der Waals surface area contributed by atoms with Crippen LogP contribution in [0.1, 0.15) is 30.9 Å². The van der Waals surface area contributed by atoms with Gasteiger partial charge < -0.3 is 9.15 Å². The highest BCUT2D eigenvalue weighted by Crippen LogP contribution is 2.26. The zero-order valence-corrected chi connectivity index (χ0v) is 15.9. The van der Waals surface area contributed by atoms with Crippen molar-refractivity contribution in [1.29, 1.82) is 0 Å². The van der Waals surface area contributed by atoms with Crippen LogP contribution < -0.4 is 11.3 Å². The minimum atomic E-state index is -0.370. The average Bonchev–Trinajstić information content (AvgIpc) is 3.30. The molecule has 1 aliphatic heterocycles. The number of nitrogens with zero attached hydrogens (tertiary/aromatic N) is 2. The van der Waals surface area contributed by atoms with Crippen molar-refractivity contribution in [1.82, 2.24) is 14.8 Å². The maximum atomic E-state index is 12.1. The number of hydrogen-bond donors (Lipinski definition) is 1. The van der Waals surface area contributed by atoms with E-state index in [9.17, 15) is 9.59 Å². The van der Waals surface area contributed by atoms with Gasteiger partial charge in [0, 0.05) is 23.8 Å². The Morgan fingerprint density at radius 1 is 1.33 bits per heavy atom. The van der Waals surface area contributed by atoms with E-state index in [1.165, 1.54) is 17.8 Å². The van der Waals surface area contributed by atoms with Crippen LogP contribution >= 0.6 is 11.8 Å². The molecule has 142 valence electrons. The normalized spacial score (nSPS) is 17.0. The fraction of sp³-hybridized carbons (Fsp3) is 0.421. The van der Waals surface area contributed by atoms with Gasteiger partial charge in [-0.2, -0.15) is 0 Å². The second-order valence-corrected chi connectivity index (χ2v) is 7.56. The van der Waals surface area contributed by atoms with E-state index in [0.29, 0.717) is 23.0 Å². The number of H-pyrrole nitrogens is 1. The third-order valence-electron chi connectivity index (χ3n) is 4.79. The van der Waals surface area contributed by atoms with Crippen LogP contribution in [0.25, 0.3) is 11.0 Å². The number of ether oxygens (including phenoxy) is 1. The number of nitrogens with one attached hydrogen (secondary N) is 1. The van der Waals surface area contributed by atoms with E-state index >= 15 is 0 Å². The Morgan fingerprint density at radius 2 is 2.22 bits per heavy atom. The van der Waals surface area contributed by atoms with Gasteiger partial charge >= 0.3 is 11.3 Å². The van der Waals surface area contributed by atoms with E-state index in [0.717, 1.165) is 42.4 Å². The van der Waals surface area contributed by atoms with E-state index in [1.54, 1.807) is 4.57 Å². The molecule has 8 heteroatoms. The summed E-state index contributed by atoms with van der Waals surface area (Å²) in [4.78, 5) is 24.0. The summed E-state index contributed by atoms with van der Waals surface area (Å²) in [5.41, 5.74) is 1.97. The third kappa shape index (κ3) is 3.86. The van der Waals surface area contributed by atoms with Gasteiger partial charge in [-0.05, 0) is 36.5 Å². The SMILES string of the molecule is CCc1ccc2c(CSc3n[nH]c(=O)n3C[C@@H]3CCCO3)cc(=O)oc2c1. The molecule has 0 unspecified atom stereocenters. The van der Waals surface area contributed by atoms with E-state index in [1.807, 2.05) is 18.2 Å². The highest BCUT2D eigenvalue weighted by molar-refractivity contribution is 7.98. The van der Waals surface area contributed by atoms with Crippen LogP contribution in [0.4, 0.5) is 0 Å². The Hall–Kier alpha value is -2.32. The van der Waals surface area contributed by atoms with Gasteiger partial charge in [0.1, 0.15) is 5.58 Å². The number of thioether (sulfide) groups is 1. The first-order valence-electron chi connectivity index (χ1n) is 9.09. The number of benzene rings is 1. The minimum absolute atomic E-state index is 0.0525. The second-order valence-electron chi connectivity index (χ2n) is 6.62. The first-order chi connectivity index (χ1) is 13.1. The zero-order valence-electron chi connectivity index (χ0n) is 15.1. The van der Waals surface area contributed by atoms with Crippen molar-refractivity contribution in [2.45, 2.75) is 49.7 Å². The van der Waals surface area contributed by atoms with Gasteiger partial charge in [0.2, 0.25) is 0 Å². The Bertz CT molecular complexity index is 1060. The number of aryl methyl sites for hydroxylation is 1. The van der Waals surface area contributed by atoms with Crippen molar-refractivity contribution in [3.63, 3.8) is 0 Å². The quantitative estimate of drug-likeness (QED) is 0.517. The molecular formula is C19H21N3O4S. The van der Waals surface area contributed by atoms with Gasteiger partial charge in [-0.15, -0.1) is 5.10 Å². The van der Waals surface area contributed by atoms with Crippen molar-refractivity contribution in [2.75, 3.05) is 6.61 Å². The van der Waals surface area contributed by atoms with Crippen LogP contribution in [0.5, 0.6) is 0 Å². The first kappa shape index (κ1) is 18.1. The van der Waals surface area contributed by atoms with E-state index in [4.69, 9.17) is 9.15 Å². The Morgan fingerprint density at radius 3 is 3.00 bits per heavy atom. The van der Waals surface area contributed by atoms with E-state index < -0.39 is 0 Å². The van der Waals surface area contributed by atoms with Crippen LogP contribution in [0.15, 0.2) is 43.4 Å². The topological polar surface area (TPSA) is 90.1 Å². The fourth-order valence-electron chi connectivity index (χ4n) is 3.32. The lowest BCUT2D eigenvalue weighted by atomic mass is 10.1. The molecule has 0 radical (unpaired) electrons. The van der Waals surface area contributed by atoms with Gasteiger partial charge in [0.25, 0.3) is 0 Å². The highest BCUT2D eigenvalue weighted by Gasteiger charge is 2.20. The number of aromatic amines is 1. The molecule has 0 bridgehead atoms. The highest BCUT2D eigenvalue weighted by atomic mass is 32.2. The molecule has 0 amide bonds. The summed E-state index contributed by atoms with van der Waals surface area (Å²) in [6.45, 7) is 3.30. The van der Waals surface area contributed by atoms with Crippen molar-refractivity contribution in [3.8, 4) is 0 Å². The molecule has 1 atom stereocenters. The summed E-state index contributed by atoms with van der Waals surface area (Å²) in [5.74, 6) is 0.517. The standard InChI is InChI=1S/C19H21N3O4S/c1-2-12-5-6-15-13(9-17(23)26-16(15)8-12)11-27-19-21-20-18(24)22(19)10-14-4-3-7-25-14/h5-6,8-9,14H,2-4,7,10-11H2,1H3,(H,20,24)/t14-/m0/s1. The summed E-state index contributed by atoms with van der Waals surface area (Å²) in [6.07, 6.45) is 2.90. The minimum Gasteiger partial charge on any atom is -0.423 e.